The van der Waals surface area contributed by atoms with E-state index in [9.17, 15) is 19.2 Å². The van der Waals surface area contributed by atoms with Gasteiger partial charge in [0.2, 0.25) is 17.7 Å². The van der Waals surface area contributed by atoms with Gasteiger partial charge in [-0.2, -0.15) is 0 Å². The summed E-state index contributed by atoms with van der Waals surface area (Å²) in [6.07, 6.45) is 4.96. The van der Waals surface area contributed by atoms with Crippen molar-refractivity contribution in [3.05, 3.63) is 29.8 Å². The molecule has 178 valence electrons. The number of likely N-dealkylation sites (tertiary alicyclic amines) is 1. The maximum Gasteiger partial charge on any atom is 0.257 e. The summed E-state index contributed by atoms with van der Waals surface area (Å²) in [6.45, 7) is 5.59. The highest BCUT2D eigenvalue weighted by Gasteiger charge is 2.52. The lowest BCUT2D eigenvalue weighted by Gasteiger charge is -2.48. The van der Waals surface area contributed by atoms with Gasteiger partial charge in [0, 0.05) is 44.9 Å². The van der Waals surface area contributed by atoms with Crippen molar-refractivity contribution in [3.8, 4) is 0 Å². The van der Waals surface area contributed by atoms with E-state index < -0.39 is 5.66 Å². The van der Waals surface area contributed by atoms with Crippen LogP contribution >= 0.6 is 0 Å². The maximum atomic E-state index is 13.3. The number of fused-ring (bicyclic) bond motifs is 3. The molecule has 0 spiro atoms. The Morgan fingerprint density at radius 3 is 2.76 bits per heavy atom. The fraction of sp³-hybridized carbons (Fsp3) is 0.600. The van der Waals surface area contributed by atoms with E-state index in [1.165, 1.54) is 0 Å². The van der Waals surface area contributed by atoms with Crippen molar-refractivity contribution in [2.45, 2.75) is 76.9 Å². The number of nitrogens with zero attached hydrogens (tertiary/aromatic N) is 3. The molecule has 33 heavy (non-hydrogen) atoms. The van der Waals surface area contributed by atoms with E-state index >= 15 is 0 Å². The minimum absolute atomic E-state index is 0.0129. The van der Waals surface area contributed by atoms with Crippen LogP contribution in [0.3, 0.4) is 0 Å². The summed E-state index contributed by atoms with van der Waals surface area (Å²) in [7, 11) is 0. The molecule has 4 amide bonds. The smallest absolute Gasteiger partial charge is 0.257 e. The Morgan fingerprint density at radius 2 is 1.97 bits per heavy atom. The third-order valence-corrected chi connectivity index (χ3v) is 7.13. The van der Waals surface area contributed by atoms with Gasteiger partial charge in [-0.15, -0.1) is 0 Å². The number of benzene rings is 1. The zero-order valence-corrected chi connectivity index (χ0v) is 19.6. The van der Waals surface area contributed by atoms with Crippen molar-refractivity contribution in [2.75, 3.05) is 24.5 Å². The molecule has 2 fully saturated rings. The second-order valence-corrected chi connectivity index (χ2v) is 9.52. The molecule has 3 aliphatic rings. The minimum Gasteiger partial charge on any atom is -0.352 e. The van der Waals surface area contributed by atoms with E-state index in [0.29, 0.717) is 63.0 Å². The largest absolute Gasteiger partial charge is 0.352 e. The molecule has 1 aromatic carbocycles. The van der Waals surface area contributed by atoms with Crippen molar-refractivity contribution in [3.63, 3.8) is 0 Å². The molecule has 0 aromatic heterocycles. The van der Waals surface area contributed by atoms with Crippen LogP contribution in [-0.4, -0.2) is 64.8 Å². The number of anilines is 1. The summed E-state index contributed by atoms with van der Waals surface area (Å²) in [5.41, 5.74) is 0.535. The molecule has 3 heterocycles. The quantitative estimate of drug-likeness (QED) is 0.686. The van der Waals surface area contributed by atoms with Crippen LogP contribution in [0.15, 0.2) is 24.3 Å². The van der Waals surface area contributed by atoms with Crippen LogP contribution in [0.1, 0.15) is 75.6 Å². The summed E-state index contributed by atoms with van der Waals surface area (Å²) in [5.74, 6) is 0.0505. The SMILES string of the molecule is CCCC(=O)NC1CCCN(C(=O)CCCN2C(=O)c3ccccc3N3C(=O)CCC23C)C1. The van der Waals surface area contributed by atoms with Crippen LogP contribution in [0.5, 0.6) is 0 Å². The zero-order chi connectivity index (χ0) is 23.6. The van der Waals surface area contributed by atoms with Gasteiger partial charge < -0.3 is 15.1 Å². The van der Waals surface area contributed by atoms with Crippen molar-refractivity contribution >= 4 is 29.3 Å². The fourth-order valence-electron chi connectivity index (χ4n) is 5.44. The predicted octanol–water partition coefficient (Wildman–Crippen LogP) is 2.67. The number of carbonyl (C=O) groups is 4. The lowest BCUT2D eigenvalue weighted by molar-refractivity contribution is -0.133. The van der Waals surface area contributed by atoms with E-state index in [0.717, 1.165) is 19.3 Å². The van der Waals surface area contributed by atoms with Gasteiger partial charge in [0.15, 0.2) is 0 Å². The molecule has 4 rings (SSSR count). The van der Waals surface area contributed by atoms with Crippen molar-refractivity contribution in [1.29, 1.82) is 0 Å². The number of piperidine rings is 1. The molecule has 8 nitrogen and oxygen atoms in total. The number of hydrogen-bond donors (Lipinski definition) is 1. The summed E-state index contributed by atoms with van der Waals surface area (Å²) >= 11 is 0. The second-order valence-electron chi connectivity index (χ2n) is 9.52. The van der Waals surface area contributed by atoms with Crippen LogP contribution in [-0.2, 0) is 14.4 Å². The normalized spacial score (nSPS) is 24.5. The van der Waals surface area contributed by atoms with Gasteiger partial charge in [0.05, 0.1) is 11.3 Å². The highest BCUT2D eigenvalue weighted by Crippen LogP contribution is 2.44. The van der Waals surface area contributed by atoms with E-state index in [1.54, 1.807) is 15.9 Å². The monoisotopic (exact) mass is 454 g/mol. The van der Waals surface area contributed by atoms with Gasteiger partial charge in [-0.3, -0.25) is 24.1 Å². The number of amides is 4. The molecule has 2 atom stereocenters. The Hall–Kier alpha value is -2.90. The molecule has 1 N–H and O–H groups in total. The summed E-state index contributed by atoms with van der Waals surface area (Å²) < 4.78 is 0. The highest BCUT2D eigenvalue weighted by atomic mass is 16.2. The molecule has 0 bridgehead atoms. The Morgan fingerprint density at radius 1 is 1.18 bits per heavy atom. The first-order valence-corrected chi connectivity index (χ1v) is 12.2. The van der Waals surface area contributed by atoms with Crippen LogP contribution in [0.4, 0.5) is 5.69 Å². The molecular weight excluding hydrogens is 420 g/mol. The molecule has 0 aliphatic carbocycles. The number of nitrogens with one attached hydrogen (secondary N) is 1. The Bertz CT molecular complexity index is 948. The molecule has 0 saturated carbocycles. The van der Waals surface area contributed by atoms with E-state index in [4.69, 9.17) is 0 Å². The van der Waals surface area contributed by atoms with Crippen LogP contribution in [0, 0.1) is 0 Å². The van der Waals surface area contributed by atoms with Gasteiger partial charge in [-0.05, 0) is 51.2 Å². The molecule has 3 aliphatic heterocycles. The summed E-state index contributed by atoms with van der Waals surface area (Å²) in [5, 5.41) is 3.04. The van der Waals surface area contributed by atoms with E-state index in [1.807, 2.05) is 36.9 Å². The number of hydrogen-bond acceptors (Lipinski definition) is 4. The van der Waals surface area contributed by atoms with E-state index in [2.05, 4.69) is 5.32 Å². The topological polar surface area (TPSA) is 90.0 Å². The van der Waals surface area contributed by atoms with Gasteiger partial charge in [0.1, 0.15) is 5.66 Å². The molecule has 2 saturated heterocycles. The lowest BCUT2D eigenvalue weighted by atomic mass is 9.97. The molecule has 2 unspecified atom stereocenters. The predicted molar refractivity (Wildman–Crippen MR) is 124 cm³/mol. The average molecular weight is 455 g/mol. The first-order chi connectivity index (χ1) is 15.8. The molecular formula is C25H34N4O4. The summed E-state index contributed by atoms with van der Waals surface area (Å²) in [4.78, 5) is 56.1. The average Bonchev–Trinajstić information content (AvgIpc) is 3.11. The first-order valence-electron chi connectivity index (χ1n) is 12.2. The van der Waals surface area contributed by atoms with Gasteiger partial charge >= 0.3 is 0 Å². The van der Waals surface area contributed by atoms with E-state index in [-0.39, 0.29) is 29.7 Å². The Kier molecular flexibility index (Phi) is 6.72. The Balaban J connectivity index is 1.37. The fourth-order valence-corrected chi connectivity index (χ4v) is 5.44. The third kappa shape index (κ3) is 4.48. The summed E-state index contributed by atoms with van der Waals surface area (Å²) in [6, 6.07) is 7.28. The van der Waals surface area contributed by atoms with Crippen LogP contribution in [0.2, 0.25) is 0 Å². The molecule has 1 aromatic rings. The third-order valence-electron chi connectivity index (χ3n) is 7.13. The van der Waals surface area contributed by atoms with Crippen LogP contribution in [0.25, 0.3) is 0 Å². The van der Waals surface area contributed by atoms with Crippen LogP contribution < -0.4 is 10.2 Å². The molecule has 0 radical (unpaired) electrons. The van der Waals surface area contributed by atoms with Crippen molar-refractivity contribution < 1.29 is 19.2 Å². The highest BCUT2D eigenvalue weighted by molar-refractivity contribution is 6.10. The minimum atomic E-state index is -0.689. The standard InChI is InChI=1S/C25H34N4O4/c1-3-8-21(30)26-18-9-6-15-27(17-18)22(31)12-7-16-28-24(33)19-10-4-5-11-20(19)29-23(32)13-14-25(28,29)2/h4-5,10-11,18H,3,6-9,12-17H2,1-2H3,(H,26,30). The van der Waals surface area contributed by atoms with Gasteiger partial charge in [-0.25, -0.2) is 0 Å². The maximum absolute atomic E-state index is 13.3. The van der Waals surface area contributed by atoms with Gasteiger partial charge in [-0.1, -0.05) is 19.1 Å². The molecule has 8 heteroatoms. The zero-order valence-electron chi connectivity index (χ0n) is 19.6. The van der Waals surface area contributed by atoms with Crippen molar-refractivity contribution in [2.24, 2.45) is 0 Å². The first kappa shape index (κ1) is 23.3. The Labute approximate surface area is 195 Å². The van der Waals surface area contributed by atoms with Gasteiger partial charge in [0.25, 0.3) is 5.91 Å². The lowest BCUT2D eigenvalue weighted by Crippen LogP contribution is -2.62. The second kappa shape index (κ2) is 9.53. The van der Waals surface area contributed by atoms with Crippen molar-refractivity contribution in [1.82, 2.24) is 15.1 Å². The number of carbonyl (C=O) groups excluding carboxylic acids is 4. The number of para-hydroxylation sites is 1. The number of rotatable bonds is 7.